The molecule has 0 fully saturated rings. The van der Waals surface area contributed by atoms with E-state index in [2.05, 4.69) is 10.9 Å². The molecule has 4 atom stereocenters. The van der Waals surface area contributed by atoms with Crippen LogP contribution < -0.4 is 10.9 Å². The third-order valence-corrected chi connectivity index (χ3v) is 2.90. The van der Waals surface area contributed by atoms with E-state index in [0.29, 0.717) is 5.69 Å². The van der Waals surface area contributed by atoms with Gasteiger partial charge in [-0.2, -0.15) is 0 Å². The van der Waals surface area contributed by atoms with Crippen molar-refractivity contribution in [3.63, 3.8) is 0 Å². The van der Waals surface area contributed by atoms with Gasteiger partial charge in [0.25, 0.3) is 5.91 Å². The number of carbonyl (C=O) groups excluding carboxylic acids is 1. The van der Waals surface area contributed by atoms with Crippen molar-refractivity contribution in [3.05, 3.63) is 29.8 Å². The molecule has 1 aromatic rings. The Morgan fingerprint density at radius 3 is 2.19 bits per heavy atom. The standard InChI is InChI=1S/C13H20N2O6/c1-7-2-4-8(5-3-7)14-15-13(21)12(20)11(19)10(18)9(17)6-16/h2-5,9-12,14,16-20H,6H2,1H3,(H,15,21)/t9-,10-,11+,12+/m1/s1. The number of aliphatic hydroxyl groups excluding tert-OH is 5. The Hall–Kier alpha value is -1.71. The van der Waals surface area contributed by atoms with Crippen LogP contribution in [0.2, 0.25) is 0 Å². The average Bonchev–Trinajstić information content (AvgIpc) is 2.50. The van der Waals surface area contributed by atoms with Gasteiger partial charge in [0, 0.05) is 0 Å². The van der Waals surface area contributed by atoms with Gasteiger partial charge < -0.3 is 25.5 Å². The van der Waals surface area contributed by atoms with Gasteiger partial charge in [0.1, 0.15) is 18.3 Å². The molecular weight excluding hydrogens is 280 g/mol. The number of hydrogen-bond donors (Lipinski definition) is 7. The van der Waals surface area contributed by atoms with Crippen molar-refractivity contribution in [2.45, 2.75) is 31.3 Å². The predicted octanol–water partition coefficient (Wildman–Crippen LogP) is -2.13. The van der Waals surface area contributed by atoms with E-state index >= 15 is 0 Å². The zero-order valence-electron chi connectivity index (χ0n) is 11.5. The number of hydrogen-bond acceptors (Lipinski definition) is 7. The Labute approximate surface area is 121 Å². The number of benzene rings is 1. The summed E-state index contributed by atoms with van der Waals surface area (Å²) < 4.78 is 0. The van der Waals surface area contributed by atoms with E-state index in [1.807, 2.05) is 6.92 Å². The van der Waals surface area contributed by atoms with E-state index in [-0.39, 0.29) is 0 Å². The number of nitrogens with one attached hydrogen (secondary N) is 2. The number of anilines is 1. The molecule has 0 bridgehead atoms. The molecule has 0 aliphatic carbocycles. The van der Waals surface area contributed by atoms with Crippen molar-refractivity contribution in [3.8, 4) is 0 Å². The van der Waals surface area contributed by atoms with E-state index < -0.39 is 36.9 Å². The summed E-state index contributed by atoms with van der Waals surface area (Å²) >= 11 is 0. The zero-order valence-corrected chi connectivity index (χ0v) is 11.5. The quantitative estimate of drug-likeness (QED) is 0.285. The highest BCUT2D eigenvalue weighted by molar-refractivity contribution is 5.82. The lowest BCUT2D eigenvalue weighted by molar-refractivity contribution is -0.148. The number of aliphatic hydroxyl groups is 5. The second-order valence-corrected chi connectivity index (χ2v) is 4.66. The molecule has 21 heavy (non-hydrogen) atoms. The Bertz CT molecular complexity index is 452. The highest BCUT2D eigenvalue weighted by atomic mass is 16.4. The molecule has 8 heteroatoms. The number of hydrazine groups is 1. The molecule has 0 aromatic heterocycles. The molecule has 1 amide bonds. The molecule has 7 N–H and O–H groups in total. The van der Waals surface area contributed by atoms with Gasteiger partial charge in [0.2, 0.25) is 0 Å². The summed E-state index contributed by atoms with van der Waals surface area (Å²) in [5.41, 5.74) is 6.27. The smallest absolute Gasteiger partial charge is 0.269 e. The van der Waals surface area contributed by atoms with Crippen LogP contribution in [0.5, 0.6) is 0 Å². The monoisotopic (exact) mass is 300 g/mol. The van der Waals surface area contributed by atoms with Gasteiger partial charge in [-0.05, 0) is 19.1 Å². The summed E-state index contributed by atoms with van der Waals surface area (Å²) in [6, 6.07) is 7.01. The maximum Gasteiger partial charge on any atom is 0.269 e. The molecule has 0 heterocycles. The Balaban J connectivity index is 2.52. The fraction of sp³-hybridized carbons (Fsp3) is 0.462. The minimum Gasteiger partial charge on any atom is -0.394 e. The van der Waals surface area contributed by atoms with Gasteiger partial charge in [-0.15, -0.1) is 0 Å². The van der Waals surface area contributed by atoms with Crippen molar-refractivity contribution in [2.75, 3.05) is 12.0 Å². The molecular formula is C13H20N2O6. The van der Waals surface area contributed by atoms with Crippen LogP contribution in [0.3, 0.4) is 0 Å². The van der Waals surface area contributed by atoms with Crippen LogP contribution in [-0.4, -0.2) is 62.5 Å². The van der Waals surface area contributed by atoms with Crippen LogP contribution in [0, 0.1) is 6.92 Å². The van der Waals surface area contributed by atoms with Crippen molar-refractivity contribution < 1.29 is 30.3 Å². The third-order valence-electron chi connectivity index (χ3n) is 2.90. The Morgan fingerprint density at radius 2 is 1.67 bits per heavy atom. The minimum atomic E-state index is -1.97. The number of rotatable bonds is 7. The molecule has 118 valence electrons. The summed E-state index contributed by atoms with van der Waals surface area (Å²) in [7, 11) is 0. The van der Waals surface area contributed by atoms with Crippen molar-refractivity contribution in [2.24, 2.45) is 0 Å². The summed E-state index contributed by atoms with van der Waals surface area (Å²) in [5.74, 6) is -0.993. The van der Waals surface area contributed by atoms with Crippen LogP contribution >= 0.6 is 0 Å². The topological polar surface area (TPSA) is 142 Å². The summed E-state index contributed by atoms with van der Waals surface area (Å²) in [4.78, 5) is 11.6. The van der Waals surface area contributed by atoms with Gasteiger partial charge in [0.05, 0.1) is 12.3 Å². The van der Waals surface area contributed by atoms with Crippen LogP contribution in [-0.2, 0) is 4.79 Å². The number of amides is 1. The van der Waals surface area contributed by atoms with E-state index in [1.165, 1.54) is 0 Å². The molecule has 1 rings (SSSR count). The first kappa shape index (κ1) is 17.3. The number of carbonyl (C=O) groups is 1. The first-order valence-corrected chi connectivity index (χ1v) is 6.32. The summed E-state index contributed by atoms with van der Waals surface area (Å²) in [5, 5.41) is 46.3. The fourth-order valence-corrected chi connectivity index (χ4v) is 1.52. The lowest BCUT2D eigenvalue weighted by Gasteiger charge is -2.25. The zero-order chi connectivity index (χ0) is 16.0. The Kier molecular flexibility index (Phi) is 6.53. The van der Waals surface area contributed by atoms with E-state index in [0.717, 1.165) is 5.56 Å². The van der Waals surface area contributed by atoms with Crippen LogP contribution in [0.25, 0.3) is 0 Å². The molecule has 1 aromatic carbocycles. The molecule has 0 saturated carbocycles. The van der Waals surface area contributed by atoms with Gasteiger partial charge in [-0.3, -0.25) is 15.6 Å². The fourth-order valence-electron chi connectivity index (χ4n) is 1.52. The lowest BCUT2D eigenvalue weighted by Crippen LogP contribution is -2.52. The van der Waals surface area contributed by atoms with Crippen LogP contribution in [0.4, 0.5) is 5.69 Å². The molecule has 0 saturated heterocycles. The Morgan fingerprint density at radius 1 is 1.10 bits per heavy atom. The van der Waals surface area contributed by atoms with Gasteiger partial charge in [-0.25, -0.2) is 0 Å². The second-order valence-electron chi connectivity index (χ2n) is 4.66. The molecule has 0 radical (unpaired) electrons. The maximum atomic E-state index is 11.6. The third kappa shape index (κ3) is 4.96. The molecule has 0 aliphatic rings. The van der Waals surface area contributed by atoms with Crippen LogP contribution in [0.15, 0.2) is 24.3 Å². The van der Waals surface area contributed by atoms with Gasteiger partial charge in [0.15, 0.2) is 6.10 Å². The molecule has 0 unspecified atom stereocenters. The van der Waals surface area contributed by atoms with Crippen molar-refractivity contribution >= 4 is 11.6 Å². The highest BCUT2D eigenvalue weighted by Crippen LogP contribution is 2.08. The summed E-state index contributed by atoms with van der Waals surface area (Å²) in [6.45, 7) is 1.09. The normalized spacial score (nSPS) is 16.7. The molecule has 8 nitrogen and oxygen atoms in total. The first-order chi connectivity index (χ1) is 9.86. The molecule has 0 spiro atoms. The van der Waals surface area contributed by atoms with Crippen molar-refractivity contribution in [1.82, 2.24) is 5.43 Å². The average molecular weight is 300 g/mol. The van der Waals surface area contributed by atoms with E-state index in [9.17, 15) is 20.1 Å². The SMILES string of the molecule is Cc1ccc(NNC(=O)[C@@H](O)[C@@H](O)[C@H](O)[C@H](O)CO)cc1. The first-order valence-electron chi connectivity index (χ1n) is 6.32. The predicted molar refractivity (Wildman–Crippen MR) is 74.1 cm³/mol. The van der Waals surface area contributed by atoms with Gasteiger partial charge in [-0.1, -0.05) is 17.7 Å². The van der Waals surface area contributed by atoms with Gasteiger partial charge >= 0.3 is 0 Å². The lowest BCUT2D eigenvalue weighted by atomic mass is 10.0. The van der Waals surface area contributed by atoms with Crippen LogP contribution in [0.1, 0.15) is 5.56 Å². The van der Waals surface area contributed by atoms with E-state index in [1.54, 1.807) is 24.3 Å². The second kappa shape index (κ2) is 7.91. The van der Waals surface area contributed by atoms with Crippen molar-refractivity contribution in [1.29, 1.82) is 0 Å². The minimum absolute atomic E-state index is 0.562. The van der Waals surface area contributed by atoms with E-state index in [4.69, 9.17) is 10.2 Å². The maximum absolute atomic E-state index is 11.6. The number of aryl methyl sites for hydroxylation is 1. The molecule has 0 aliphatic heterocycles. The largest absolute Gasteiger partial charge is 0.394 e. The highest BCUT2D eigenvalue weighted by Gasteiger charge is 2.34. The summed E-state index contributed by atoms with van der Waals surface area (Å²) in [6.07, 6.45) is -7.42.